The first kappa shape index (κ1) is 45.9. The highest BCUT2D eigenvalue weighted by molar-refractivity contribution is 5.83. The van der Waals surface area contributed by atoms with Gasteiger partial charge in [-0.25, -0.2) is 4.70 Å². The Morgan fingerprint density at radius 1 is 0.333 bits per heavy atom. The highest BCUT2D eigenvalue weighted by Gasteiger charge is 2.36. The molecule has 0 amide bonds. The van der Waals surface area contributed by atoms with Crippen molar-refractivity contribution in [2.45, 2.75) is 235 Å². The second-order valence-electron chi connectivity index (χ2n) is 16.8. The first-order valence-electron chi connectivity index (χ1n) is 23.7. The maximum absolute atomic E-state index is 12.9. The molecule has 0 N–H and O–H groups in total. The quantitative estimate of drug-likeness (QED) is 0.0564. The largest absolute Gasteiger partial charge is 0.493 e. The van der Waals surface area contributed by atoms with E-state index in [1.807, 2.05) is 0 Å². The Morgan fingerprint density at radius 3 is 0.852 bits per heavy atom. The van der Waals surface area contributed by atoms with Gasteiger partial charge in [-0.1, -0.05) is 132 Å². The fourth-order valence-electron chi connectivity index (χ4n) is 8.86. The van der Waals surface area contributed by atoms with Gasteiger partial charge in [-0.05, 0) is 160 Å². The zero-order chi connectivity index (χ0) is 39.1. The third-order valence-corrected chi connectivity index (χ3v) is 12.1. The van der Waals surface area contributed by atoms with Crippen molar-refractivity contribution in [2.75, 3.05) is 0 Å². The predicted octanol–water partition coefficient (Wildman–Crippen LogP) is 16.9. The minimum Gasteiger partial charge on any atom is -0.493 e. The molecule has 1 heterocycles. The molecular formula is C52H84N2. The molecule has 0 saturated heterocycles. The number of benzene rings is 2. The van der Waals surface area contributed by atoms with E-state index in [1.165, 1.54) is 138 Å². The molecule has 2 heteroatoms. The molecule has 0 fully saturated rings. The zero-order valence-corrected chi connectivity index (χ0v) is 37.0. The molecule has 0 aliphatic carbocycles. The molecule has 2 aromatic carbocycles. The van der Waals surface area contributed by atoms with Gasteiger partial charge in [-0.2, -0.15) is 0 Å². The monoisotopic (exact) mass is 737 g/mol. The molecule has 0 saturated carbocycles. The van der Waals surface area contributed by atoms with Crippen molar-refractivity contribution < 1.29 is 4.70 Å². The molecule has 2 nitrogen and oxygen atoms in total. The van der Waals surface area contributed by atoms with Crippen LogP contribution in [-0.4, -0.2) is 4.70 Å². The normalized spacial score (nSPS) is 13.3. The molecule has 1 aliphatic rings. The third kappa shape index (κ3) is 13.3. The maximum Gasteiger partial charge on any atom is 0.211 e. The van der Waals surface area contributed by atoms with Crippen molar-refractivity contribution >= 4 is 11.4 Å². The number of unbranched alkanes of at least 4 members (excludes halogenated alkanes) is 12. The van der Waals surface area contributed by atoms with E-state index in [0.717, 1.165) is 75.6 Å². The van der Waals surface area contributed by atoms with Crippen LogP contribution < -0.4 is 0 Å². The van der Waals surface area contributed by atoms with E-state index in [-0.39, 0.29) is 0 Å². The number of allylic oxidation sites excluding steroid dienone is 2. The van der Waals surface area contributed by atoms with Gasteiger partial charge in [-0.15, -0.1) is 0 Å². The van der Waals surface area contributed by atoms with Crippen LogP contribution in [0.25, 0.3) is 16.9 Å². The molecule has 0 bridgehead atoms. The molecule has 0 atom stereocenters. The van der Waals surface area contributed by atoms with Crippen LogP contribution in [0.3, 0.4) is 0 Å². The standard InChI is InChI=1S/C52H84N2/c1-9-17-25-29-41-37-45(38-42(30-26-18-10-2)47(41)33-21-13-5)51-49(35-23-15-7)50(36-24-16-8)52(54(51)53)46-39-43(31-27-19-11-3)48(34-22-14-6)44(40-46)32-28-20-12-4/h37-40H,9-36H2,1-8H3. The van der Waals surface area contributed by atoms with Crippen molar-refractivity contribution in [1.29, 1.82) is 0 Å². The summed E-state index contributed by atoms with van der Waals surface area (Å²) in [7, 11) is 0. The highest BCUT2D eigenvalue weighted by Crippen LogP contribution is 2.46. The van der Waals surface area contributed by atoms with E-state index < -0.39 is 0 Å². The summed E-state index contributed by atoms with van der Waals surface area (Å²) in [5, 5.41) is 0. The van der Waals surface area contributed by atoms with Crippen LogP contribution in [0.2, 0.25) is 0 Å². The maximum atomic E-state index is 12.9. The van der Waals surface area contributed by atoms with Crippen molar-refractivity contribution in [3.63, 3.8) is 0 Å². The van der Waals surface area contributed by atoms with Crippen LogP contribution in [-0.2, 0) is 38.5 Å². The van der Waals surface area contributed by atoms with Crippen LogP contribution in [0.15, 0.2) is 35.4 Å². The highest BCUT2D eigenvalue weighted by atomic mass is 15.2. The molecular weight excluding hydrogens is 653 g/mol. The summed E-state index contributed by atoms with van der Waals surface area (Å²) >= 11 is 0. The summed E-state index contributed by atoms with van der Waals surface area (Å²) < 4.78 is 1.72. The lowest BCUT2D eigenvalue weighted by molar-refractivity contribution is -0.345. The molecule has 0 radical (unpaired) electrons. The Morgan fingerprint density at radius 2 is 0.593 bits per heavy atom. The molecule has 0 aromatic heterocycles. The summed E-state index contributed by atoms with van der Waals surface area (Å²) in [6.07, 6.45) is 33.7. The van der Waals surface area contributed by atoms with E-state index in [0.29, 0.717) is 0 Å². The molecule has 0 unspecified atom stereocenters. The Balaban J connectivity index is 2.34. The van der Waals surface area contributed by atoms with Gasteiger partial charge in [0, 0.05) is 22.3 Å². The lowest BCUT2D eigenvalue weighted by Gasteiger charge is -2.20. The second-order valence-corrected chi connectivity index (χ2v) is 16.8. The Kier molecular flexibility index (Phi) is 22.4. The second kappa shape index (κ2) is 26.4. The van der Waals surface area contributed by atoms with Gasteiger partial charge in [0.25, 0.3) is 0 Å². The van der Waals surface area contributed by atoms with E-state index >= 15 is 0 Å². The van der Waals surface area contributed by atoms with Gasteiger partial charge in [-0.3, -0.25) is 0 Å². The van der Waals surface area contributed by atoms with Gasteiger partial charge >= 0.3 is 0 Å². The first-order chi connectivity index (χ1) is 26.4. The van der Waals surface area contributed by atoms with E-state index in [9.17, 15) is 5.53 Å². The lowest BCUT2D eigenvalue weighted by Crippen LogP contribution is -2.09. The summed E-state index contributed by atoms with van der Waals surface area (Å²) in [6, 6.07) is 10.1. The van der Waals surface area contributed by atoms with Crippen molar-refractivity contribution in [1.82, 2.24) is 0 Å². The smallest absolute Gasteiger partial charge is 0.211 e. The fourth-order valence-corrected chi connectivity index (χ4v) is 8.86. The number of aryl methyl sites for hydroxylation is 4. The average molecular weight is 737 g/mol. The fraction of sp³-hybridized carbons (Fsp3) is 0.692. The Hall–Kier alpha value is -2.48. The minimum absolute atomic E-state index is 1.03. The van der Waals surface area contributed by atoms with E-state index in [2.05, 4.69) is 79.7 Å². The molecule has 3 rings (SSSR count). The van der Waals surface area contributed by atoms with E-state index in [4.69, 9.17) is 0 Å². The summed E-state index contributed by atoms with van der Waals surface area (Å²) in [5.41, 5.74) is 29.9. The van der Waals surface area contributed by atoms with Crippen LogP contribution in [0.5, 0.6) is 0 Å². The molecule has 54 heavy (non-hydrogen) atoms. The van der Waals surface area contributed by atoms with Gasteiger partial charge < -0.3 is 5.53 Å². The predicted molar refractivity (Wildman–Crippen MR) is 240 cm³/mol. The third-order valence-electron chi connectivity index (χ3n) is 12.1. The van der Waals surface area contributed by atoms with Crippen LogP contribution >= 0.6 is 0 Å². The summed E-state index contributed by atoms with van der Waals surface area (Å²) in [6.45, 7) is 18.6. The van der Waals surface area contributed by atoms with Gasteiger partial charge in [0.1, 0.15) is 0 Å². The SMILES string of the molecule is CCCCCc1cc(C2=C(CCCC)C(CCCC)=C(c3cc(CCCCC)c(CCCC)c(CCCCC)c3)[N+]2=[N-])cc(CCCCC)c1CCCC. The number of rotatable bonds is 30. The molecule has 2 aromatic rings. The van der Waals surface area contributed by atoms with Gasteiger partial charge in [0.2, 0.25) is 11.4 Å². The topological polar surface area (TPSA) is 25.3 Å². The van der Waals surface area contributed by atoms with Crippen molar-refractivity contribution in [3.8, 4) is 0 Å². The van der Waals surface area contributed by atoms with Crippen LogP contribution in [0, 0.1) is 0 Å². The number of nitrogens with zero attached hydrogens (tertiary/aromatic N) is 2. The average Bonchev–Trinajstić information content (AvgIpc) is 3.45. The van der Waals surface area contributed by atoms with Gasteiger partial charge in [0.05, 0.1) is 0 Å². The van der Waals surface area contributed by atoms with E-state index in [1.54, 1.807) is 38.1 Å². The van der Waals surface area contributed by atoms with Gasteiger partial charge in [0.15, 0.2) is 0 Å². The van der Waals surface area contributed by atoms with Crippen molar-refractivity contribution in [2.24, 2.45) is 0 Å². The Labute approximate surface area is 335 Å². The van der Waals surface area contributed by atoms with Crippen LogP contribution in [0.4, 0.5) is 0 Å². The zero-order valence-electron chi connectivity index (χ0n) is 37.0. The summed E-state index contributed by atoms with van der Waals surface area (Å²) in [4.78, 5) is 0. The molecule has 302 valence electrons. The lowest BCUT2D eigenvalue weighted by atomic mass is 9.86. The van der Waals surface area contributed by atoms with Crippen molar-refractivity contribution in [3.05, 3.63) is 85.5 Å². The molecule has 0 spiro atoms. The first-order valence-corrected chi connectivity index (χ1v) is 23.7. The molecule has 1 aliphatic heterocycles. The number of hydrogen-bond acceptors (Lipinski definition) is 0. The minimum atomic E-state index is 1.03. The Bertz CT molecular complexity index is 1300. The summed E-state index contributed by atoms with van der Waals surface area (Å²) in [5.74, 6) is 0. The number of hydrogen-bond donors (Lipinski definition) is 0. The van der Waals surface area contributed by atoms with Crippen LogP contribution in [0.1, 0.15) is 241 Å².